The van der Waals surface area contributed by atoms with Gasteiger partial charge in [0.2, 0.25) is 0 Å². The molecular weight excluding hydrogens is 284 g/mol. The van der Waals surface area contributed by atoms with Crippen molar-refractivity contribution in [2.45, 2.75) is 44.0 Å². The summed E-state index contributed by atoms with van der Waals surface area (Å²) in [7, 11) is -3.17. The fourth-order valence-corrected chi connectivity index (χ4v) is 3.91. The second-order valence-corrected chi connectivity index (χ2v) is 7.91. The van der Waals surface area contributed by atoms with Crippen LogP contribution in [0.25, 0.3) is 0 Å². The molecular formula is C16H26N2O2S. The van der Waals surface area contributed by atoms with Gasteiger partial charge < -0.3 is 10.2 Å². The Bertz CT molecular complexity index is 549. The minimum atomic E-state index is -3.17. The number of likely N-dealkylation sites (tertiary alicyclic amines) is 1. The van der Waals surface area contributed by atoms with E-state index in [1.165, 1.54) is 6.42 Å². The average molecular weight is 310 g/mol. The third kappa shape index (κ3) is 4.20. The molecule has 1 aromatic carbocycles. The summed E-state index contributed by atoms with van der Waals surface area (Å²) in [6, 6.07) is 7.63. The Labute approximate surface area is 128 Å². The number of sulfone groups is 1. The lowest BCUT2D eigenvalue weighted by Crippen LogP contribution is -2.39. The van der Waals surface area contributed by atoms with Crippen molar-refractivity contribution in [1.82, 2.24) is 4.90 Å². The molecule has 0 unspecified atom stereocenters. The summed E-state index contributed by atoms with van der Waals surface area (Å²) >= 11 is 0. The van der Waals surface area contributed by atoms with Crippen LogP contribution in [-0.2, 0) is 9.84 Å². The van der Waals surface area contributed by atoms with Gasteiger partial charge in [0.15, 0.2) is 9.84 Å². The van der Waals surface area contributed by atoms with Gasteiger partial charge >= 0.3 is 0 Å². The van der Waals surface area contributed by atoms with Gasteiger partial charge in [0.25, 0.3) is 0 Å². The lowest BCUT2D eigenvalue weighted by molar-refractivity contribution is 0.219. The van der Waals surface area contributed by atoms with E-state index >= 15 is 0 Å². The van der Waals surface area contributed by atoms with Crippen LogP contribution in [0.4, 0.5) is 5.69 Å². The summed E-state index contributed by atoms with van der Waals surface area (Å²) in [5.41, 5.74) is 0.758. The van der Waals surface area contributed by atoms with Crippen molar-refractivity contribution in [3.63, 3.8) is 0 Å². The predicted molar refractivity (Wildman–Crippen MR) is 87.5 cm³/mol. The number of rotatable bonds is 6. The molecule has 21 heavy (non-hydrogen) atoms. The first-order valence-electron chi connectivity index (χ1n) is 7.87. The second kappa shape index (κ2) is 7.27. The third-order valence-electron chi connectivity index (χ3n) is 4.09. The highest BCUT2D eigenvalue weighted by atomic mass is 32.2. The molecule has 1 aliphatic rings. The molecule has 0 amide bonds. The minimum Gasteiger partial charge on any atom is -0.381 e. The molecule has 0 spiro atoms. The number of hydrogen-bond donors (Lipinski definition) is 1. The van der Waals surface area contributed by atoms with Gasteiger partial charge in [0.05, 0.1) is 16.3 Å². The standard InChI is InChI=1S/C16H26N2O2S/c1-3-11-18-12-9-14(10-13-18)17-15-7-5-6-8-16(15)21(19,20)4-2/h5-8,14,17H,3-4,9-13H2,1-2H3. The molecule has 0 radical (unpaired) electrons. The van der Waals surface area contributed by atoms with Crippen molar-refractivity contribution in [3.8, 4) is 0 Å². The molecule has 4 nitrogen and oxygen atoms in total. The van der Waals surface area contributed by atoms with E-state index in [0.717, 1.165) is 38.2 Å². The molecule has 5 heteroatoms. The molecule has 2 rings (SSSR count). The Balaban J connectivity index is 2.05. The number of hydrogen-bond acceptors (Lipinski definition) is 4. The van der Waals surface area contributed by atoms with E-state index in [0.29, 0.717) is 10.9 Å². The van der Waals surface area contributed by atoms with Crippen LogP contribution in [0, 0.1) is 0 Å². The van der Waals surface area contributed by atoms with Crippen molar-refractivity contribution in [3.05, 3.63) is 24.3 Å². The molecule has 0 saturated carbocycles. The van der Waals surface area contributed by atoms with Gasteiger partial charge in [-0.15, -0.1) is 0 Å². The first-order valence-corrected chi connectivity index (χ1v) is 9.52. The van der Waals surface area contributed by atoms with Gasteiger partial charge in [-0.25, -0.2) is 8.42 Å². The predicted octanol–water partition coefficient (Wildman–Crippen LogP) is 2.77. The SMILES string of the molecule is CCCN1CCC(Nc2ccccc2S(=O)(=O)CC)CC1. The van der Waals surface area contributed by atoms with E-state index in [1.54, 1.807) is 19.1 Å². The zero-order valence-corrected chi connectivity index (χ0v) is 13.8. The van der Waals surface area contributed by atoms with Crippen molar-refractivity contribution in [2.24, 2.45) is 0 Å². The molecule has 1 fully saturated rings. The quantitative estimate of drug-likeness (QED) is 0.878. The van der Waals surface area contributed by atoms with Crippen LogP contribution < -0.4 is 5.32 Å². The monoisotopic (exact) mass is 310 g/mol. The molecule has 1 saturated heterocycles. The highest BCUT2D eigenvalue weighted by molar-refractivity contribution is 7.91. The number of benzene rings is 1. The Morgan fingerprint density at radius 1 is 1.19 bits per heavy atom. The molecule has 0 aliphatic carbocycles. The Morgan fingerprint density at radius 2 is 1.86 bits per heavy atom. The van der Waals surface area contributed by atoms with Crippen LogP contribution in [-0.4, -0.2) is 44.7 Å². The Hall–Kier alpha value is -1.07. The van der Waals surface area contributed by atoms with Crippen LogP contribution in [0.2, 0.25) is 0 Å². The molecule has 0 bridgehead atoms. The van der Waals surface area contributed by atoms with Crippen LogP contribution in [0.15, 0.2) is 29.2 Å². The maximum absolute atomic E-state index is 12.2. The number of nitrogens with one attached hydrogen (secondary N) is 1. The van der Waals surface area contributed by atoms with Crippen LogP contribution in [0.3, 0.4) is 0 Å². The van der Waals surface area contributed by atoms with Gasteiger partial charge in [0.1, 0.15) is 0 Å². The average Bonchev–Trinajstić information content (AvgIpc) is 2.50. The van der Waals surface area contributed by atoms with Gasteiger partial charge in [-0.3, -0.25) is 0 Å². The van der Waals surface area contributed by atoms with Crippen molar-refractivity contribution in [2.75, 3.05) is 30.7 Å². The second-order valence-electron chi connectivity index (χ2n) is 5.66. The van der Waals surface area contributed by atoms with E-state index in [4.69, 9.17) is 0 Å². The zero-order chi connectivity index (χ0) is 15.3. The summed E-state index contributed by atoms with van der Waals surface area (Å²) in [6.07, 6.45) is 3.33. The summed E-state index contributed by atoms with van der Waals surface area (Å²) in [4.78, 5) is 2.91. The zero-order valence-electron chi connectivity index (χ0n) is 13.0. The number of anilines is 1. The van der Waals surface area contributed by atoms with Crippen LogP contribution >= 0.6 is 0 Å². The highest BCUT2D eigenvalue weighted by Gasteiger charge is 2.21. The van der Waals surface area contributed by atoms with Gasteiger partial charge in [0, 0.05) is 19.1 Å². The minimum absolute atomic E-state index is 0.140. The van der Waals surface area contributed by atoms with E-state index in [9.17, 15) is 8.42 Å². The lowest BCUT2D eigenvalue weighted by atomic mass is 10.0. The fraction of sp³-hybridized carbons (Fsp3) is 0.625. The first kappa shape index (κ1) is 16.3. The maximum atomic E-state index is 12.2. The van der Waals surface area contributed by atoms with Crippen LogP contribution in [0.1, 0.15) is 33.1 Å². The summed E-state index contributed by atoms with van der Waals surface area (Å²) in [5.74, 6) is 0.140. The maximum Gasteiger partial charge on any atom is 0.180 e. The molecule has 1 N–H and O–H groups in total. The number of piperidine rings is 1. The van der Waals surface area contributed by atoms with E-state index in [-0.39, 0.29) is 5.75 Å². The summed E-state index contributed by atoms with van der Waals surface area (Å²) < 4.78 is 24.3. The molecule has 118 valence electrons. The van der Waals surface area contributed by atoms with Gasteiger partial charge in [-0.2, -0.15) is 0 Å². The molecule has 0 aromatic heterocycles. The molecule has 0 atom stereocenters. The van der Waals surface area contributed by atoms with E-state index in [2.05, 4.69) is 17.1 Å². The summed E-state index contributed by atoms with van der Waals surface area (Å²) in [5, 5.41) is 3.45. The van der Waals surface area contributed by atoms with Crippen LogP contribution in [0.5, 0.6) is 0 Å². The first-order chi connectivity index (χ1) is 10.1. The van der Waals surface area contributed by atoms with Crippen molar-refractivity contribution in [1.29, 1.82) is 0 Å². The normalized spacial score (nSPS) is 17.8. The fourth-order valence-electron chi connectivity index (χ4n) is 2.85. The molecule has 1 heterocycles. The highest BCUT2D eigenvalue weighted by Crippen LogP contribution is 2.25. The van der Waals surface area contributed by atoms with Gasteiger partial charge in [-0.1, -0.05) is 26.0 Å². The van der Waals surface area contributed by atoms with E-state index in [1.807, 2.05) is 12.1 Å². The Morgan fingerprint density at radius 3 is 2.48 bits per heavy atom. The smallest absolute Gasteiger partial charge is 0.180 e. The number of nitrogens with zero attached hydrogens (tertiary/aromatic N) is 1. The lowest BCUT2D eigenvalue weighted by Gasteiger charge is -2.33. The molecule has 1 aliphatic heterocycles. The van der Waals surface area contributed by atoms with Crippen molar-refractivity contribution < 1.29 is 8.42 Å². The van der Waals surface area contributed by atoms with E-state index < -0.39 is 9.84 Å². The third-order valence-corrected chi connectivity index (χ3v) is 5.88. The van der Waals surface area contributed by atoms with Crippen molar-refractivity contribution >= 4 is 15.5 Å². The largest absolute Gasteiger partial charge is 0.381 e. The van der Waals surface area contributed by atoms with Gasteiger partial charge in [-0.05, 0) is 37.9 Å². The Kier molecular flexibility index (Phi) is 5.65. The molecule has 1 aromatic rings. The number of para-hydroxylation sites is 1. The summed E-state index contributed by atoms with van der Waals surface area (Å²) in [6.45, 7) is 7.24. The topological polar surface area (TPSA) is 49.4 Å².